The van der Waals surface area contributed by atoms with E-state index in [4.69, 9.17) is 0 Å². The molecule has 0 aliphatic carbocycles. The fraction of sp³-hybridized carbons (Fsp3) is 0.400. The van der Waals surface area contributed by atoms with Crippen molar-refractivity contribution in [2.45, 2.75) is 26.3 Å². The lowest BCUT2D eigenvalue weighted by Gasteiger charge is -2.34. The highest BCUT2D eigenvalue weighted by atomic mass is 16.1. The van der Waals surface area contributed by atoms with Crippen LogP contribution < -0.4 is 4.90 Å². The average molecular weight is 418 g/mol. The van der Waals surface area contributed by atoms with E-state index in [0.29, 0.717) is 17.4 Å². The molecule has 0 unspecified atom stereocenters. The van der Waals surface area contributed by atoms with Crippen molar-refractivity contribution >= 4 is 22.6 Å². The third kappa shape index (κ3) is 4.69. The molecule has 31 heavy (non-hydrogen) atoms. The van der Waals surface area contributed by atoms with E-state index >= 15 is 0 Å². The molecule has 1 fully saturated rings. The molecule has 1 saturated heterocycles. The summed E-state index contributed by atoms with van der Waals surface area (Å²) in [4.78, 5) is 25.2. The molecule has 1 aromatic carbocycles. The van der Waals surface area contributed by atoms with Gasteiger partial charge in [0.1, 0.15) is 0 Å². The predicted molar refractivity (Wildman–Crippen MR) is 125 cm³/mol. The highest BCUT2D eigenvalue weighted by molar-refractivity contribution is 6.03. The molecule has 6 nitrogen and oxygen atoms in total. The number of aromatic nitrogens is 3. The highest BCUT2D eigenvalue weighted by Gasteiger charge is 2.23. The van der Waals surface area contributed by atoms with E-state index in [2.05, 4.69) is 75.3 Å². The molecule has 3 heterocycles. The maximum absolute atomic E-state index is 11.7. The Hall–Kier alpha value is -2.99. The highest BCUT2D eigenvalue weighted by Crippen LogP contribution is 2.25. The molecular weight excluding hydrogens is 386 g/mol. The fourth-order valence-corrected chi connectivity index (χ4v) is 4.51. The van der Waals surface area contributed by atoms with Gasteiger partial charge in [0.15, 0.2) is 5.78 Å². The van der Waals surface area contributed by atoms with Crippen molar-refractivity contribution in [2.24, 2.45) is 13.0 Å². The molecule has 1 aliphatic heterocycles. The van der Waals surface area contributed by atoms with Crippen LogP contribution in [0.1, 0.15) is 35.7 Å². The minimum absolute atomic E-state index is 0.142. The second kappa shape index (κ2) is 9.43. The van der Waals surface area contributed by atoms with Gasteiger partial charge in [0.2, 0.25) is 5.95 Å². The molecule has 0 amide bonds. The van der Waals surface area contributed by atoms with Crippen LogP contribution in [0.4, 0.5) is 5.95 Å². The van der Waals surface area contributed by atoms with Gasteiger partial charge in [0, 0.05) is 62.7 Å². The van der Waals surface area contributed by atoms with Crippen LogP contribution >= 0.6 is 0 Å². The van der Waals surface area contributed by atoms with Crippen molar-refractivity contribution in [3.63, 3.8) is 0 Å². The van der Waals surface area contributed by atoms with Crippen molar-refractivity contribution in [3.05, 3.63) is 66.6 Å². The number of para-hydroxylation sites is 1. The molecule has 162 valence electrons. The van der Waals surface area contributed by atoms with E-state index in [1.807, 2.05) is 0 Å². The van der Waals surface area contributed by atoms with Crippen LogP contribution in [0.3, 0.4) is 0 Å². The summed E-state index contributed by atoms with van der Waals surface area (Å²) in [6.45, 7) is 10.8. The van der Waals surface area contributed by atoms with Gasteiger partial charge in [0.25, 0.3) is 0 Å². The Labute approximate surface area is 184 Å². The van der Waals surface area contributed by atoms with Crippen LogP contribution in [-0.2, 0) is 13.6 Å². The average Bonchev–Trinajstić information content (AvgIpc) is 3.14. The van der Waals surface area contributed by atoms with Gasteiger partial charge in [-0.2, -0.15) is 0 Å². The van der Waals surface area contributed by atoms with Gasteiger partial charge in [-0.1, -0.05) is 31.7 Å². The second-order valence-corrected chi connectivity index (χ2v) is 8.38. The Bertz CT molecular complexity index is 1050. The molecule has 6 heteroatoms. The Morgan fingerprint density at radius 3 is 2.61 bits per heavy atom. The standard InChI is InChI=1S/C25H31N5O/c1-4-24(31)20-14-26-25(27-15-20)30-12-10-19(11-13-30)16-29(5-2)18-21-17-28(3)23-9-7-6-8-22(21)23/h4,6-9,14-15,17,19H,1,5,10-13,16,18H2,2-3H3. The Morgan fingerprint density at radius 2 is 1.94 bits per heavy atom. The van der Waals surface area contributed by atoms with E-state index in [9.17, 15) is 4.79 Å². The number of nitrogens with zero attached hydrogens (tertiary/aromatic N) is 5. The summed E-state index contributed by atoms with van der Waals surface area (Å²) in [5, 5.41) is 1.36. The zero-order valence-corrected chi connectivity index (χ0v) is 18.5. The van der Waals surface area contributed by atoms with Crippen LogP contribution in [0.25, 0.3) is 10.9 Å². The van der Waals surface area contributed by atoms with Gasteiger partial charge in [-0.3, -0.25) is 9.69 Å². The summed E-state index contributed by atoms with van der Waals surface area (Å²) in [6.07, 6.45) is 9.02. The number of carbonyl (C=O) groups excluding carboxylic acids is 1. The van der Waals surface area contributed by atoms with Crippen molar-refractivity contribution < 1.29 is 4.79 Å². The predicted octanol–water partition coefficient (Wildman–Crippen LogP) is 4.08. The first-order valence-electron chi connectivity index (χ1n) is 11.1. The van der Waals surface area contributed by atoms with Gasteiger partial charge < -0.3 is 9.47 Å². The number of allylic oxidation sites excluding steroid dienone is 1. The number of hydrogen-bond acceptors (Lipinski definition) is 5. The molecule has 0 saturated carbocycles. The molecule has 0 atom stereocenters. The third-order valence-electron chi connectivity index (χ3n) is 6.34. The molecule has 2 aromatic heterocycles. The Morgan fingerprint density at radius 1 is 1.23 bits per heavy atom. The summed E-state index contributed by atoms with van der Waals surface area (Å²) in [5.74, 6) is 1.24. The molecule has 3 aromatic rings. The van der Waals surface area contributed by atoms with Gasteiger partial charge in [-0.05, 0) is 43.0 Å². The molecular formula is C25H31N5O. The lowest BCUT2D eigenvalue weighted by molar-refractivity contribution is 0.104. The summed E-state index contributed by atoms with van der Waals surface area (Å²) in [6, 6.07) is 8.64. The van der Waals surface area contributed by atoms with Gasteiger partial charge in [0.05, 0.1) is 5.56 Å². The molecule has 0 bridgehead atoms. The molecule has 0 N–H and O–H groups in total. The number of carbonyl (C=O) groups is 1. The molecule has 0 spiro atoms. The number of ketones is 1. The number of benzene rings is 1. The quantitative estimate of drug-likeness (QED) is 0.408. The zero-order chi connectivity index (χ0) is 21.8. The summed E-state index contributed by atoms with van der Waals surface area (Å²) < 4.78 is 2.23. The number of hydrogen-bond donors (Lipinski definition) is 0. The maximum atomic E-state index is 11.7. The minimum atomic E-state index is -0.142. The van der Waals surface area contributed by atoms with Crippen molar-refractivity contribution in [1.82, 2.24) is 19.4 Å². The number of aryl methyl sites for hydroxylation is 1. The normalized spacial score (nSPS) is 15.0. The van der Waals surface area contributed by atoms with Crippen LogP contribution in [0.2, 0.25) is 0 Å². The van der Waals surface area contributed by atoms with E-state index in [1.165, 1.54) is 22.5 Å². The number of anilines is 1. The van der Waals surface area contributed by atoms with Gasteiger partial charge in [-0.25, -0.2) is 9.97 Å². The first-order chi connectivity index (χ1) is 15.1. The van der Waals surface area contributed by atoms with Gasteiger partial charge in [-0.15, -0.1) is 0 Å². The lowest BCUT2D eigenvalue weighted by atomic mass is 9.96. The topological polar surface area (TPSA) is 54.3 Å². The Balaban J connectivity index is 1.34. The van der Waals surface area contributed by atoms with Crippen LogP contribution in [0.5, 0.6) is 0 Å². The van der Waals surface area contributed by atoms with Crippen molar-refractivity contribution in [1.29, 1.82) is 0 Å². The molecule has 0 radical (unpaired) electrons. The van der Waals surface area contributed by atoms with Crippen molar-refractivity contribution in [3.8, 4) is 0 Å². The molecule has 1 aliphatic rings. The zero-order valence-electron chi connectivity index (χ0n) is 18.5. The number of rotatable bonds is 8. The fourth-order valence-electron chi connectivity index (χ4n) is 4.51. The van der Waals surface area contributed by atoms with Crippen molar-refractivity contribution in [2.75, 3.05) is 31.1 Å². The smallest absolute Gasteiger partial charge is 0.225 e. The van der Waals surface area contributed by atoms with E-state index in [-0.39, 0.29) is 5.78 Å². The first-order valence-corrected chi connectivity index (χ1v) is 11.1. The maximum Gasteiger partial charge on any atom is 0.225 e. The van der Waals surface area contributed by atoms with Gasteiger partial charge >= 0.3 is 0 Å². The summed E-state index contributed by atoms with van der Waals surface area (Å²) >= 11 is 0. The SMILES string of the molecule is C=CC(=O)c1cnc(N2CCC(CN(CC)Cc3cn(C)c4ccccc34)CC2)nc1. The first kappa shape index (κ1) is 21.2. The van der Waals surface area contributed by atoms with E-state index in [1.54, 1.807) is 12.4 Å². The second-order valence-electron chi connectivity index (χ2n) is 8.38. The van der Waals surface area contributed by atoms with Crippen LogP contribution in [0.15, 0.2) is 55.5 Å². The van der Waals surface area contributed by atoms with Crippen LogP contribution in [0, 0.1) is 5.92 Å². The number of fused-ring (bicyclic) bond motifs is 1. The third-order valence-corrected chi connectivity index (χ3v) is 6.34. The molecule has 4 rings (SSSR count). The minimum Gasteiger partial charge on any atom is -0.350 e. The summed E-state index contributed by atoms with van der Waals surface area (Å²) in [5.41, 5.74) is 3.18. The lowest BCUT2D eigenvalue weighted by Crippen LogP contribution is -2.39. The Kier molecular flexibility index (Phi) is 6.47. The monoisotopic (exact) mass is 417 g/mol. The number of piperidine rings is 1. The summed E-state index contributed by atoms with van der Waals surface area (Å²) in [7, 11) is 2.12. The van der Waals surface area contributed by atoms with Crippen LogP contribution in [-0.4, -0.2) is 51.4 Å². The van der Waals surface area contributed by atoms with E-state index in [0.717, 1.165) is 45.6 Å². The van der Waals surface area contributed by atoms with E-state index < -0.39 is 0 Å². The largest absolute Gasteiger partial charge is 0.350 e.